The number of aromatic nitrogens is 3. The molecule has 1 unspecified atom stereocenters. The summed E-state index contributed by atoms with van der Waals surface area (Å²) in [5.41, 5.74) is 3.48. The van der Waals surface area contributed by atoms with Crippen molar-refractivity contribution < 1.29 is 4.79 Å². The van der Waals surface area contributed by atoms with E-state index in [1.165, 1.54) is 15.8 Å². The number of hydrogen-bond donors (Lipinski definition) is 1. The van der Waals surface area contributed by atoms with Gasteiger partial charge in [-0.2, -0.15) is 0 Å². The summed E-state index contributed by atoms with van der Waals surface area (Å²) >= 11 is 1.63. The second-order valence-electron chi connectivity index (χ2n) is 7.80. The van der Waals surface area contributed by atoms with Gasteiger partial charge in [-0.1, -0.05) is 25.1 Å². The first kappa shape index (κ1) is 17.4. The Morgan fingerprint density at radius 3 is 3.04 bits per heavy atom. The molecule has 5 nitrogen and oxygen atoms in total. The van der Waals surface area contributed by atoms with Crippen molar-refractivity contribution in [2.75, 3.05) is 0 Å². The van der Waals surface area contributed by atoms with Gasteiger partial charge in [0, 0.05) is 27.0 Å². The van der Waals surface area contributed by atoms with Crippen LogP contribution < -0.4 is 5.56 Å². The normalized spacial score (nSPS) is 16.6. The molecule has 5 rings (SSSR count). The summed E-state index contributed by atoms with van der Waals surface area (Å²) in [4.78, 5) is 36.1. The average molecular weight is 391 g/mol. The third-order valence-electron chi connectivity index (χ3n) is 5.77. The highest BCUT2D eigenvalue weighted by molar-refractivity contribution is 7.18. The van der Waals surface area contributed by atoms with Gasteiger partial charge in [0.25, 0.3) is 5.56 Å². The molecule has 0 spiro atoms. The number of carbonyl (C=O) groups is 1. The van der Waals surface area contributed by atoms with Crippen molar-refractivity contribution in [1.82, 2.24) is 14.5 Å². The van der Waals surface area contributed by atoms with E-state index in [1.807, 2.05) is 31.2 Å². The molecule has 0 saturated carbocycles. The number of rotatable bonds is 3. The molecule has 0 amide bonds. The highest BCUT2D eigenvalue weighted by atomic mass is 32.1. The van der Waals surface area contributed by atoms with Crippen LogP contribution in [0.1, 0.15) is 39.8 Å². The summed E-state index contributed by atoms with van der Waals surface area (Å²) < 4.78 is 1.47. The molecule has 0 radical (unpaired) electrons. The summed E-state index contributed by atoms with van der Waals surface area (Å²) in [6, 6.07) is 7.75. The lowest BCUT2D eigenvalue weighted by molar-refractivity contribution is 0.0971. The number of H-pyrrole nitrogens is 1. The summed E-state index contributed by atoms with van der Waals surface area (Å²) in [7, 11) is 0. The molecule has 28 heavy (non-hydrogen) atoms. The number of carbonyl (C=O) groups excluding carboxylic acids is 1. The molecule has 0 aliphatic heterocycles. The van der Waals surface area contributed by atoms with E-state index in [2.05, 4.69) is 16.9 Å². The fourth-order valence-corrected chi connectivity index (χ4v) is 5.69. The number of aryl methyl sites for hydroxylation is 2. The predicted molar refractivity (Wildman–Crippen MR) is 112 cm³/mol. The molecule has 1 aromatic carbocycles. The Morgan fingerprint density at radius 2 is 2.18 bits per heavy atom. The Kier molecular flexibility index (Phi) is 3.98. The van der Waals surface area contributed by atoms with E-state index >= 15 is 0 Å². The molecule has 3 aromatic heterocycles. The maximum absolute atomic E-state index is 13.2. The predicted octanol–water partition coefficient (Wildman–Crippen LogP) is 4.26. The second kappa shape index (κ2) is 6.41. The Balaban J connectivity index is 1.57. The number of aromatic amines is 1. The number of thiophene rings is 1. The summed E-state index contributed by atoms with van der Waals surface area (Å²) in [6.07, 6.45) is 4.56. The average Bonchev–Trinajstić information content (AvgIpc) is 3.20. The van der Waals surface area contributed by atoms with Crippen molar-refractivity contribution in [2.45, 2.75) is 39.7 Å². The van der Waals surface area contributed by atoms with Gasteiger partial charge in [0.2, 0.25) is 0 Å². The van der Waals surface area contributed by atoms with Crippen LogP contribution in [-0.2, 0) is 19.4 Å². The SMILES string of the molecule is Cc1[nH]c2ccccc2c1C(=O)Cn1cnc2sc3c(c2c1=O)CCC(C)C3. The Hall–Kier alpha value is -2.73. The third kappa shape index (κ3) is 2.63. The molecule has 1 N–H and O–H groups in total. The minimum absolute atomic E-state index is 0.00544. The molecular weight excluding hydrogens is 370 g/mol. The lowest BCUT2D eigenvalue weighted by Gasteiger charge is -2.17. The van der Waals surface area contributed by atoms with Gasteiger partial charge >= 0.3 is 0 Å². The first-order valence-corrected chi connectivity index (χ1v) is 10.4. The van der Waals surface area contributed by atoms with Gasteiger partial charge in [-0.15, -0.1) is 11.3 Å². The number of hydrogen-bond acceptors (Lipinski definition) is 4. The standard InChI is InChI=1S/C22H21N3O2S/c1-12-7-8-15-18(9-12)28-21-20(15)22(27)25(11-23-21)10-17(26)19-13(2)24-16-6-4-3-5-14(16)19/h3-6,11-12,24H,7-10H2,1-2H3. The molecule has 0 bridgehead atoms. The van der Waals surface area contributed by atoms with Gasteiger partial charge < -0.3 is 4.98 Å². The smallest absolute Gasteiger partial charge is 0.262 e. The second-order valence-corrected chi connectivity index (χ2v) is 8.89. The van der Waals surface area contributed by atoms with Crippen molar-refractivity contribution in [3.8, 4) is 0 Å². The van der Waals surface area contributed by atoms with Crippen molar-refractivity contribution in [2.24, 2.45) is 5.92 Å². The zero-order valence-corrected chi connectivity index (χ0v) is 16.7. The topological polar surface area (TPSA) is 67.8 Å². The molecule has 1 atom stereocenters. The van der Waals surface area contributed by atoms with Crippen molar-refractivity contribution in [3.05, 3.63) is 62.6 Å². The maximum atomic E-state index is 13.2. The molecule has 1 aliphatic carbocycles. The number of Topliss-reactive ketones (excluding diaryl/α,β-unsaturated/α-hetero) is 1. The highest BCUT2D eigenvalue weighted by Gasteiger charge is 2.24. The monoisotopic (exact) mass is 391 g/mol. The zero-order valence-electron chi connectivity index (χ0n) is 15.9. The van der Waals surface area contributed by atoms with Crippen LogP contribution in [0.5, 0.6) is 0 Å². The number of nitrogens with one attached hydrogen (secondary N) is 1. The van der Waals surface area contributed by atoms with E-state index in [0.717, 1.165) is 51.6 Å². The van der Waals surface area contributed by atoms with Crippen LogP contribution >= 0.6 is 11.3 Å². The summed E-state index contributed by atoms with van der Waals surface area (Å²) in [5.74, 6) is 0.574. The Labute approximate surface area is 166 Å². The Bertz CT molecular complexity index is 1290. The van der Waals surface area contributed by atoms with E-state index in [4.69, 9.17) is 0 Å². The van der Waals surface area contributed by atoms with Gasteiger partial charge in [-0.05, 0) is 43.7 Å². The van der Waals surface area contributed by atoms with E-state index < -0.39 is 0 Å². The Morgan fingerprint density at radius 1 is 1.36 bits per heavy atom. The molecule has 3 heterocycles. The summed E-state index contributed by atoms with van der Waals surface area (Å²) in [5, 5.41) is 1.62. The minimum atomic E-state index is -0.0945. The first-order chi connectivity index (χ1) is 13.5. The minimum Gasteiger partial charge on any atom is -0.358 e. The van der Waals surface area contributed by atoms with Gasteiger partial charge in [0.05, 0.1) is 18.3 Å². The molecule has 6 heteroatoms. The highest BCUT2D eigenvalue weighted by Crippen LogP contribution is 2.35. The lowest BCUT2D eigenvalue weighted by atomic mass is 9.89. The van der Waals surface area contributed by atoms with Crippen LogP contribution in [0.4, 0.5) is 0 Å². The third-order valence-corrected chi connectivity index (χ3v) is 6.93. The maximum Gasteiger partial charge on any atom is 0.262 e. The quantitative estimate of drug-likeness (QED) is 0.531. The molecule has 1 aliphatic rings. The lowest BCUT2D eigenvalue weighted by Crippen LogP contribution is -2.25. The first-order valence-electron chi connectivity index (χ1n) is 9.63. The zero-order chi connectivity index (χ0) is 19.4. The summed E-state index contributed by atoms with van der Waals surface area (Å²) in [6.45, 7) is 4.15. The van der Waals surface area contributed by atoms with Crippen molar-refractivity contribution in [1.29, 1.82) is 0 Å². The molecule has 0 fully saturated rings. The van der Waals surface area contributed by atoms with Gasteiger partial charge in [0.15, 0.2) is 5.78 Å². The molecular formula is C22H21N3O2S. The largest absolute Gasteiger partial charge is 0.358 e. The van der Waals surface area contributed by atoms with Gasteiger partial charge in [-0.25, -0.2) is 4.98 Å². The van der Waals surface area contributed by atoms with Crippen LogP contribution in [-0.4, -0.2) is 20.3 Å². The van der Waals surface area contributed by atoms with E-state index in [0.29, 0.717) is 11.5 Å². The fraction of sp³-hybridized carbons (Fsp3) is 0.318. The van der Waals surface area contributed by atoms with Gasteiger partial charge in [0.1, 0.15) is 4.83 Å². The van der Waals surface area contributed by atoms with E-state index in [1.54, 1.807) is 11.3 Å². The number of ketones is 1. The van der Waals surface area contributed by atoms with Crippen LogP contribution in [0.25, 0.3) is 21.1 Å². The van der Waals surface area contributed by atoms with E-state index in [-0.39, 0.29) is 17.9 Å². The van der Waals surface area contributed by atoms with Crippen LogP contribution in [0.15, 0.2) is 35.4 Å². The molecule has 0 saturated heterocycles. The van der Waals surface area contributed by atoms with Crippen molar-refractivity contribution >= 4 is 38.2 Å². The van der Waals surface area contributed by atoms with Crippen LogP contribution in [0.2, 0.25) is 0 Å². The molecule has 142 valence electrons. The fourth-order valence-electron chi connectivity index (χ4n) is 4.35. The van der Waals surface area contributed by atoms with Crippen LogP contribution in [0, 0.1) is 12.8 Å². The number of para-hydroxylation sites is 1. The van der Waals surface area contributed by atoms with Crippen LogP contribution in [0.3, 0.4) is 0 Å². The van der Waals surface area contributed by atoms with Gasteiger partial charge in [-0.3, -0.25) is 14.2 Å². The number of nitrogens with zero attached hydrogens (tertiary/aromatic N) is 2. The van der Waals surface area contributed by atoms with Crippen molar-refractivity contribution in [3.63, 3.8) is 0 Å². The van der Waals surface area contributed by atoms with E-state index in [9.17, 15) is 9.59 Å². The number of benzene rings is 1. The number of fused-ring (bicyclic) bond motifs is 4. The molecule has 4 aromatic rings.